The molecule has 0 bridgehead atoms. The van der Waals surface area contributed by atoms with Crippen LogP contribution in [-0.2, 0) is 11.3 Å². The van der Waals surface area contributed by atoms with E-state index >= 15 is 0 Å². The molecule has 0 spiro atoms. The van der Waals surface area contributed by atoms with Crippen LogP contribution in [0.15, 0.2) is 30.6 Å². The molecule has 0 radical (unpaired) electrons. The van der Waals surface area contributed by atoms with Crippen molar-refractivity contribution in [3.63, 3.8) is 0 Å². The summed E-state index contributed by atoms with van der Waals surface area (Å²) >= 11 is 0. The molecule has 0 fully saturated rings. The number of aromatic nitrogens is 2. The normalized spacial score (nSPS) is 17.0. The summed E-state index contributed by atoms with van der Waals surface area (Å²) in [5.74, 6) is 0.884. The van der Waals surface area contributed by atoms with Crippen molar-refractivity contribution >= 4 is 11.6 Å². The fourth-order valence-electron chi connectivity index (χ4n) is 2.80. The average molecular weight is 312 g/mol. The molecular weight excluding hydrogens is 288 g/mol. The summed E-state index contributed by atoms with van der Waals surface area (Å²) in [6.07, 6.45) is 10.7. The van der Waals surface area contributed by atoms with Crippen LogP contribution < -0.4 is 5.32 Å². The van der Waals surface area contributed by atoms with Crippen molar-refractivity contribution < 1.29 is 4.79 Å². The minimum absolute atomic E-state index is 0.0255. The van der Waals surface area contributed by atoms with E-state index in [9.17, 15) is 10.1 Å². The molecule has 2 rings (SSSR count). The van der Waals surface area contributed by atoms with Gasteiger partial charge in [-0.25, -0.2) is 4.68 Å². The van der Waals surface area contributed by atoms with Gasteiger partial charge in [-0.1, -0.05) is 25.8 Å². The summed E-state index contributed by atoms with van der Waals surface area (Å²) in [7, 11) is 0. The van der Waals surface area contributed by atoms with E-state index in [4.69, 9.17) is 0 Å². The third kappa shape index (κ3) is 4.32. The predicted octanol–water partition coefficient (Wildman–Crippen LogP) is 3.80. The lowest BCUT2D eigenvalue weighted by Gasteiger charge is -2.12. The Morgan fingerprint density at radius 1 is 1.57 bits per heavy atom. The van der Waals surface area contributed by atoms with Gasteiger partial charge >= 0.3 is 0 Å². The number of rotatable bonds is 9. The number of unbranched alkanes of at least 4 members (excludes halogenated alkanes) is 2. The third-order valence-corrected chi connectivity index (χ3v) is 4.12. The molecule has 122 valence electrons. The summed E-state index contributed by atoms with van der Waals surface area (Å²) in [6, 6.07) is 2.17. The fraction of sp³-hybridized carbons (Fsp3) is 0.500. The molecule has 1 N–H and O–H groups in total. The van der Waals surface area contributed by atoms with Crippen molar-refractivity contribution in [2.24, 2.45) is 5.92 Å². The van der Waals surface area contributed by atoms with Gasteiger partial charge in [0, 0.05) is 24.2 Å². The highest BCUT2D eigenvalue weighted by Gasteiger charge is 2.25. The van der Waals surface area contributed by atoms with Gasteiger partial charge in [0.15, 0.2) is 5.78 Å². The molecular formula is C18H24N4O. The number of nitriles is 1. The Morgan fingerprint density at radius 3 is 3.09 bits per heavy atom. The summed E-state index contributed by atoms with van der Waals surface area (Å²) in [5.41, 5.74) is 1.39. The topological polar surface area (TPSA) is 70.7 Å². The van der Waals surface area contributed by atoms with Gasteiger partial charge in [0.1, 0.15) is 17.5 Å². The smallest absolute Gasteiger partial charge is 0.160 e. The number of anilines is 1. The minimum Gasteiger partial charge on any atom is -0.343 e. The van der Waals surface area contributed by atoms with Crippen molar-refractivity contribution in [2.45, 2.75) is 52.0 Å². The van der Waals surface area contributed by atoms with E-state index in [1.807, 2.05) is 10.8 Å². The van der Waals surface area contributed by atoms with Crippen LogP contribution in [0.1, 0.15) is 51.0 Å². The van der Waals surface area contributed by atoms with E-state index in [0.717, 1.165) is 44.3 Å². The number of nitrogens with zero attached hydrogens (tertiary/aromatic N) is 3. The number of nitrogens with one attached hydrogen (secondary N) is 1. The molecule has 0 saturated heterocycles. The highest BCUT2D eigenvalue weighted by Crippen LogP contribution is 2.28. The van der Waals surface area contributed by atoms with Gasteiger partial charge in [0.25, 0.3) is 0 Å². The second-order valence-corrected chi connectivity index (χ2v) is 5.91. The molecule has 1 atom stereocenters. The standard InChI is InChI=1S/C18H24N4O/c1-3-5-7-9-22-18(15(12-19)13-20-22)21-16-10-14(8-6-4-2)17(23)11-16/h4,11,13-14,21H,2-3,5-10H2,1H3. The monoisotopic (exact) mass is 312 g/mol. The predicted molar refractivity (Wildman–Crippen MR) is 90.7 cm³/mol. The Morgan fingerprint density at radius 2 is 2.39 bits per heavy atom. The zero-order valence-electron chi connectivity index (χ0n) is 13.7. The van der Waals surface area contributed by atoms with Crippen LogP contribution in [0.25, 0.3) is 0 Å². The van der Waals surface area contributed by atoms with E-state index in [2.05, 4.69) is 30.0 Å². The van der Waals surface area contributed by atoms with Crippen molar-refractivity contribution in [1.82, 2.24) is 9.78 Å². The quantitative estimate of drug-likeness (QED) is 0.556. The van der Waals surface area contributed by atoms with Gasteiger partial charge in [-0.3, -0.25) is 4.79 Å². The molecule has 5 heteroatoms. The molecule has 1 aromatic rings. The largest absolute Gasteiger partial charge is 0.343 e. The van der Waals surface area contributed by atoms with Gasteiger partial charge in [0.2, 0.25) is 0 Å². The molecule has 1 unspecified atom stereocenters. The summed E-state index contributed by atoms with van der Waals surface area (Å²) in [4.78, 5) is 12.0. The summed E-state index contributed by atoms with van der Waals surface area (Å²) in [6.45, 7) is 6.64. The molecule has 0 saturated carbocycles. The van der Waals surface area contributed by atoms with Gasteiger partial charge in [-0.2, -0.15) is 10.4 Å². The lowest BCUT2D eigenvalue weighted by atomic mass is 10.00. The number of ketones is 1. The highest BCUT2D eigenvalue weighted by atomic mass is 16.1. The Labute approximate surface area is 137 Å². The van der Waals surface area contributed by atoms with E-state index in [0.29, 0.717) is 17.8 Å². The molecule has 0 amide bonds. The second kappa shape index (κ2) is 8.33. The number of hydrogen-bond acceptors (Lipinski definition) is 4. The van der Waals surface area contributed by atoms with Crippen LogP contribution in [0.3, 0.4) is 0 Å². The zero-order valence-corrected chi connectivity index (χ0v) is 13.7. The van der Waals surface area contributed by atoms with Gasteiger partial charge in [-0.05, 0) is 25.7 Å². The van der Waals surface area contributed by atoms with Crippen molar-refractivity contribution in [3.05, 3.63) is 36.2 Å². The zero-order chi connectivity index (χ0) is 16.7. The molecule has 1 aromatic heterocycles. The van der Waals surface area contributed by atoms with Crippen LogP contribution in [0.5, 0.6) is 0 Å². The van der Waals surface area contributed by atoms with Gasteiger partial charge in [0.05, 0.1) is 6.20 Å². The molecule has 1 aliphatic rings. The SMILES string of the molecule is C=CCCC1CC(Nc2c(C#N)cnn2CCCCC)=CC1=O. The maximum Gasteiger partial charge on any atom is 0.160 e. The van der Waals surface area contributed by atoms with Crippen LogP contribution >= 0.6 is 0 Å². The lowest BCUT2D eigenvalue weighted by molar-refractivity contribution is -0.117. The maximum absolute atomic E-state index is 12.0. The Bertz CT molecular complexity index is 636. The first-order chi connectivity index (χ1) is 11.2. The van der Waals surface area contributed by atoms with Crippen LogP contribution in [-0.4, -0.2) is 15.6 Å². The first-order valence-electron chi connectivity index (χ1n) is 8.27. The van der Waals surface area contributed by atoms with Gasteiger partial charge < -0.3 is 5.32 Å². The van der Waals surface area contributed by atoms with E-state index in [1.165, 1.54) is 0 Å². The fourth-order valence-corrected chi connectivity index (χ4v) is 2.80. The molecule has 5 nitrogen and oxygen atoms in total. The van der Waals surface area contributed by atoms with E-state index in [-0.39, 0.29) is 11.7 Å². The molecule has 23 heavy (non-hydrogen) atoms. The third-order valence-electron chi connectivity index (χ3n) is 4.12. The van der Waals surface area contributed by atoms with Crippen molar-refractivity contribution in [2.75, 3.05) is 5.32 Å². The number of allylic oxidation sites excluding steroid dienone is 3. The Kier molecular flexibility index (Phi) is 6.16. The Hall–Kier alpha value is -2.35. The van der Waals surface area contributed by atoms with Crippen LogP contribution in [0, 0.1) is 17.2 Å². The molecule has 0 aliphatic heterocycles. The molecule has 0 aromatic carbocycles. The van der Waals surface area contributed by atoms with Crippen molar-refractivity contribution in [3.8, 4) is 6.07 Å². The first-order valence-corrected chi connectivity index (χ1v) is 8.27. The van der Waals surface area contributed by atoms with E-state index < -0.39 is 0 Å². The highest BCUT2D eigenvalue weighted by molar-refractivity contribution is 5.95. The number of carbonyl (C=O) groups excluding carboxylic acids is 1. The second-order valence-electron chi connectivity index (χ2n) is 5.91. The summed E-state index contributed by atoms with van der Waals surface area (Å²) < 4.78 is 1.83. The summed E-state index contributed by atoms with van der Waals surface area (Å²) in [5, 5.41) is 16.8. The number of hydrogen-bond donors (Lipinski definition) is 1. The minimum atomic E-state index is 0.0255. The van der Waals surface area contributed by atoms with E-state index in [1.54, 1.807) is 12.3 Å². The first kappa shape index (κ1) is 17.0. The molecule has 1 heterocycles. The van der Waals surface area contributed by atoms with Crippen LogP contribution in [0.2, 0.25) is 0 Å². The average Bonchev–Trinajstić information content (AvgIpc) is 3.09. The van der Waals surface area contributed by atoms with Crippen molar-refractivity contribution in [1.29, 1.82) is 5.26 Å². The number of carbonyl (C=O) groups is 1. The van der Waals surface area contributed by atoms with Gasteiger partial charge in [-0.15, -0.1) is 6.58 Å². The maximum atomic E-state index is 12.0. The lowest BCUT2D eigenvalue weighted by Crippen LogP contribution is -2.10. The number of aryl methyl sites for hydroxylation is 1. The molecule has 1 aliphatic carbocycles. The van der Waals surface area contributed by atoms with Crippen LogP contribution in [0.4, 0.5) is 5.82 Å². The Balaban J connectivity index is 2.06.